The van der Waals surface area contributed by atoms with E-state index in [1.54, 1.807) is 6.07 Å². The van der Waals surface area contributed by atoms with E-state index in [2.05, 4.69) is 15.3 Å². The molecule has 2 aromatic heterocycles. The molecule has 0 saturated heterocycles. The van der Waals surface area contributed by atoms with Crippen molar-refractivity contribution in [2.75, 3.05) is 0 Å². The van der Waals surface area contributed by atoms with E-state index in [-0.39, 0.29) is 17.4 Å². The molecular weight excluding hydrogens is 238 g/mol. The minimum atomic E-state index is -0.133. The maximum absolute atomic E-state index is 11.5. The summed E-state index contributed by atoms with van der Waals surface area (Å²) in [5.41, 5.74) is -0.133. The van der Waals surface area contributed by atoms with Crippen LogP contribution in [0, 0.1) is 5.92 Å². The quantitative estimate of drug-likeness (QED) is 0.852. The van der Waals surface area contributed by atoms with Crippen LogP contribution in [0.25, 0.3) is 10.2 Å². The molecule has 6 heteroatoms. The summed E-state index contributed by atoms with van der Waals surface area (Å²) in [5, 5.41) is 3.46. The third kappa shape index (κ3) is 2.08. The Morgan fingerprint density at radius 1 is 1.59 bits per heavy atom. The van der Waals surface area contributed by atoms with Crippen molar-refractivity contribution in [3.8, 4) is 0 Å². The minimum Gasteiger partial charge on any atom is -0.351 e. The van der Waals surface area contributed by atoms with E-state index >= 15 is 0 Å². The van der Waals surface area contributed by atoms with Crippen molar-refractivity contribution in [3.63, 3.8) is 0 Å². The van der Waals surface area contributed by atoms with Crippen LogP contribution in [0.2, 0.25) is 0 Å². The Balaban J connectivity index is 1.79. The van der Waals surface area contributed by atoms with Crippen molar-refractivity contribution in [2.24, 2.45) is 5.92 Å². The van der Waals surface area contributed by atoms with Crippen LogP contribution in [0.15, 0.2) is 17.2 Å². The van der Waals surface area contributed by atoms with Crippen molar-refractivity contribution in [1.82, 2.24) is 15.3 Å². The van der Waals surface area contributed by atoms with Crippen LogP contribution >= 0.6 is 11.3 Å². The number of thiophene rings is 1. The van der Waals surface area contributed by atoms with E-state index in [9.17, 15) is 9.59 Å². The maximum Gasteiger partial charge on any atom is 0.259 e. The number of hydrogen-bond donors (Lipinski definition) is 2. The van der Waals surface area contributed by atoms with Crippen molar-refractivity contribution >= 4 is 27.5 Å². The van der Waals surface area contributed by atoms with E-state index in [1.807, 2.05) is 0 Å². The summed E-state index contributed by atoms with van der Waals surface area (Å²) < 4.78 is 0. The molecule has 0 spiro atoms. The summed E-state index contributed by atoms with van der Waals surface area (Å²) >= 11 is 1.44. The van der Waals surface area contributed by atoms with Gasteiger partial charge in [0, 0.05) is 10.8 Å². The van der Waals surface area contributed by atoms with Crippen LogP contribution in [0.3, 0.4) is 0 Å². The second kappa shape index (κ2) is 3.96. The molecule has 2 N–H and O–H groups in total. The van der Waals surface area contributed by atoms with Gasteiger partial charge in [0.2, 0.25) is 5.91 Å². The molecule has 3 rings (SSSR count). The number of nitrogens with one attached hydrogen (secondary N) is 2. The highest BCUT2D eigenvalue weighted by atomic mass is 32.1. The number of hydrogen-bond acceptors (Lipinski definition) is 4. The zero-order valence-electron chi connectivity index (χ0n) is 9.03. The van der Waals surface area contributed by atoms with Gasteiger partial charge in [-0.25, -0.2) is 4.98 Å². The monoisotopic (exact) mass is 249 g/mol. The predicted molar refractivity (Wildman–Crippen MR) is 64.8 cm³/mol. The average Bonchev–Trinajstić information content (AvgIpc) is 3.07. The third-order valence-corrected chi connectivity index (χ3v) is 3.81. The first-order chi connectivity index (χ1) is 8.24. The van der Waals surface area contributed by atoms with Gasteiger partial charge in [-0.2, -0.15) is 0 Å². The number of rotatable bonds is 3. The molecule has 5 nitrogen and oxygen atoms in total. The molecule has 1 fully saturated rings. The molecule has 0 radical (unpaired) electrons. The van der Waals surface area contributed by atoms with Gasteiger partial charge in [0.05, 0.1) is 18.3 Å². The van der Waals surface area contributed by atoms with Crippen LogP contribution < -0.4 is 10.9 Å². The Kier molecular flexibility index (Phi) is 2.44. The molecule has 1 amide bonds. The SMILES string of the molecule is O=C(NCc1cc2c(=O)[nH]cnc2s1)C1CC1. The van der Waals surface area contributed by atoms with Crippen LogP contribution in [-0.4, -0.2) is 15.9 Å². The maximum atomic E-state index is 11.5. The number of carbonyl (C=O) groups excluding carboxylic acids is 1. The lowest BCUT2D eigenvalue weighted by molar-refractivity contribution is -0.122. The van der Waals surface area contributed by atoms with Crippen LogP contribution in [0.5, 0.6) is 0 Å². The Morgan fingerprint density at radius 3 is 3.12 bits per heavy atom. The number of carbonyl (C=O) groups is 1. The molecule has 0 unspecified atom stereocenters. The molecule has 0 bridgehead atoms. The standard InChI is InChI=1S/C11H11N3O2S/c15-9(6-1-2-6)12-4-7-3-8-10(16)13-5-14-11(8)17-7/h3,5-6H,1-2,4H2,(H,12,15)(H,13,14,16). The Bertz CT molecular complexity index is 627. The topological polar surface area (TPSA) is 74.8 Å². The first kappa shape index (κ1) is 10.5. The lowest BCUT2D eigenvalue weighted by Crippen LogP contribution is -2.23. The summed E-state index contributed by atoms with van der Waals surface area (Å²) in [6, 6.07) is 1.79. The van der Waals surface area contributed by atoms with E-state index in [1.165, 1.54) is 17.7 Å². The molecule has 0 aromatic carbocycles. The summed E-state index contributed by atoms with van der Waals surface area (Å²) in [6.45, 7) is 0.482. The minimum absolute atomic E-state index is 0.115. The molecule has 0 aliphatic heterocycles. The zero-order valence-corrected chi connectivity index (χ0v) is 9.84. The van der Waals surface area contributed by atoms with Gasteiger partial charge in [-0.15, -0.1) is 11.3 Å². The Hall–Kier alpha value is -1.69. The van der Waals surface area contributed by atoms with Crippen molar-refractivity contribution in [2.45, 2.75) is 19.4 Å². The fourth-order valence-corrected chi connectivity index (χ4v) is 2.60. The summed E-state index contributed by atoms with van der Waals surface area (Å²) in [7, 11) is 0. The van der Waals surface area contributed by atoms with Crippen LogP contribution in [0.1, 0.15) is 17.7 Å². The van der Waals surface area contributed by atoms with Gasteiger partial charge in [0.1, 0.15) is 4.83 Å². The number of amides is 1. The zero-order chi connectivity index (χ0) is 11.8. The van der Waals surface area contributed by atoms with E-state index < -0.39 is 0 Å². The Labute approximate surface area is 101 Å². The van der Waals surface area contributed by atoms with E-state index in [4.69, 9.17) is 0 Å². The number of aromatic nitrogens is 2. The van der Waals surface area contributed by atoms with Crippen LogP contribution in [0.4, 0.5) is 0 Å². The number of nitrogens with zero attached hydrogens (tertiary/aromatic N) is 1. The van der Waals surface area contributed by atoms with Gasteiger partial charge < -0.3 is 10.3 Å². The predicted octanol–water partition coefficient (Wildman–Crippen LogP) is 1.01. The highest BCUT2D eigenvalue weighted by molar-refractivity contribution is 7.18. The molecular formula is C11H11N3O2S. The number of fused-ring (bicyclic) bond motifs is 1. The van der Waals surface area contributed by atoms with Gasteiger partial charge in [-0.1, -0.05) is 0 Å². The summed E-state index contributed by atoms with van der Waals surface area (Å²) in [4.78, 5) is 31.2. The first-order valence-corrected chi connectivity index (χ1v) is 6.29. The van der Waals surface area contributed by atoms with Gasteiger partial charge in [-0.3, -0.25) is 9.59 Å². The van der Waals surface area contributed by atoms with Crippen molar-refractivity contribution in [1.29, 1.82) is 0 Å². The lowest BCUT2D eigenvalue weighted by Gasteiger charge is -2.00. The summed E-state index contributed by atoms with van der Waals surface area (Å²) in [6.07, 6.45) is 3.40. The largest absolute Gasteiger partial charge is 0.351 e. The smallest absolute Gasteiger partial charge is 0.259 e. The van der Waals surface area contributed by atoms with Crippen LogP contribution in [-0.2, 0) is 11.3 Å². The van der Waals surface area contributed by atoms with Crippen molar-refractivity contribution < 1.29 is 4.79 Å². The highest BCUT2D eigenvalue weighted by Crippen LogP contribution is 2.29. The van der Waals surface area contributed by atoms with Gasteiger partial charge >= 0.3 is 0 Å². The highest BCUT2D eigenvalue weighted by Gasteiger charge is 2.29. The number of H-pyrrole nitrogens is 1. The molecule has 0 atom stereocenters. The van der Waals surface area contributed by atoms with Gasteiger partial charge in [0.15, 0.2) is 0 Å². The molecule has 2 aromatic rings. The first-order valence-electron chi connectivity index (χ1n) is 5.48. The van der Waals surface area contributed by atoms with E-state index in [0.29, 0.717) is 16.8 Å². The number of aromatic amines is 1. The third-order valence-electron chi connectivity index (χ3n) is 2.77. The lowest BCUT2D eigenvalue weighted by atomic mass is 10.3. The van der Waals surface area contributed by atoms with Crippen molar-refractivity contribution in [3.05, 3.63) is 27.6 Å². The molecule has 1 aliphatic rings. The fourth-order valence-electron chi connectivity index (χ4n) is 1.67. The normalized spacial score (nSPS) is 15.1. The summed E-state index contributed by atoms with van der Waals surface area (Å²) in [5.74, 6) is 0.329. The fraction of sp³-hybridized carbons (Fsp3) is 0.364. The molecule has 1 saturated carbocycles. The van der Waals surface area contributed by atoms with Gasteiger partial charge in [0.25, 0.3) is 5.56 Å². The molecule has 17 heavy (non-hydrogen) atoms. The average molecular weight is 249 g/mol. The molecule has 88 valence electrons. The second-order valence-corrected chi connectivity index (χ2v) is 5.27. The molecule has 1 aliphatic carbocycles. The second-order valence-electron chi connectivity index (χ2n) is 4.16. The van der Waals surface area contributed by atoms with E-state index in [0.717, 1.165) is 17.7 Å². The molecule has 2 heterocycles. The Morgan fingerprint density at radius 2 is 2.41 bits per heavy atom. The van der Waals surface area contributed by atoms with Gasteiger partial charge in [-0.05, 0) is 18.9 Å².